The summed E-state index contributed by atoms with van der Waals surface area (Å²) in [5.74, 6) is -1.38. The van der Waals surface area contributed by atoms with E-state index >= 15 is 0 Å². The van der Waals surface area contributed by atoms with Crippen molar-refractivity contribution in [2.24, 2.45) is 0 Å². The molecule has 0 rings (SSSR count). The molecule has 0 aliphatic rings. The van der Waals surface area contributed by atoms with Crippen LogP contribution in [0.3, 0.4) is 0 Å². The first-order valence-electron chi connectivity index (χ1n) is 15.0. The highest BCUT2D eigenvalue weighted by atomic mass is 16.4. The van der Waals surface area contributed by atoms with Crippen molar-refractivity contribution >= 4 is 11.9 Å². The average Bonchev–Trinajstić information content (AvgIpc) is 2.79. The minimum Gasteiger partial charge on any atom is -0.542 e. The summed E-state index contributed by atoms with van der Waals surface area (Å²) in [7, 11) is 5.38. The fraction of sp³-hybridized carbons (Fsp3) is 0.933. The first-order chi connectivity index (χ1) is 16.7. The lowest BCUT2D eigenvalue weighted by atomic mass is 9.99. The van der Waals surface area contributed by atoms with E-state index in [2.05, 4.69) is 12.2 Å². The molecule has 1 atom stereocenters. The van der Waals surface area contributed by atoms with Crippen LogP contribution in [0.5, 0.6) is 0 Å². The van der Waals surface area contributed by atoms with E-state index in [0.717, 1.165) is 19.3 Å². The van der Waals surface area contributed by atoms with Gasteiger partial charge in [0.25, 0.3) is 0 Å². The Balaban J connectivity index is 3.64. The SMILES string of the molecule is CCCCCCCCCCCCCCCCCCCCCC(=O)NC(CCC)(C(=O)[O-])[N+](C)(C)C. The Morgan fingerprint density at radius 2 is 0.943 bits per heavy atom. The zero-order valence-electron chi connectivity index (χ0n) is 24.2. The fourth-order valence-electron chi connectivity index (χ4n) is 5.01. The second kappa shape index (κ2) is 21.0. The summed E-state index contributed by atoms with van der Waals surface area (Å²) >= 11 is 0. The molecule has 0 spiro atoms. The third-order valence-electron chi connectivity index (χ3n) is 7.45. The predicted molar refractivity (Wildman–Crippen MR) is 147 cm³/mol. The number of hydrogen-bond acceptors (Lipinski definition) is 3. The van der Waals surface area contributed by atoms with Crippen molar-refractivity contribution in [3.63, 3.8) is 0 Å². The number of nitrogens with zero attached hydrogens (tertiary/aromatic N) is 1. The van der Waals surface area contributed by atoms with Crippen LogP contribution in [0.15, 0.2) is 0 Å². The van der Waals surface area contributed by atoms with Gasteiger partial charge >= 0.3 is 0 Å². The van der Waals surface area contributed by atoms with Crippen molar-refractivity contribution in [2.75, 3.05) is 21.1 Å². The number of likely N-dealkylation sites (N-methyl/N-ethyl adjacent to an activating group) is 1. The van der Waals surface area contributed by atoms with Gasteiger partial charge in [-0.05, 0) is 12.8 Å². The molecule has 0 aromatic carbocycles. The van der Waals surface area contributed by atoms with Gasteiger partial charge in [0.1, 0.15) is 5.97 Å². The summed E-state index contributed by atoms with van der Waals surface area (Å²) in [4.78, 5) is 24.4. The molecule has 0 aromatic rings. The first-order valence-corrected chi connectivity index (χ1v) is 15.0. The number of quaternary nitrogens is 1. The van der Waals surface area contributed by atoms with Gasteiger partial charge in [-0.25, -0.2) is 0 Å². The van der Waals surface area contributed by atoms with Crippen LogP contribution in [-0.2, 0) is 9.59 Å². The molecule has 0 aliphatic carbocycles. The number of nitrogens with one attached hydrogen (secondary N) is 1. The Morgan fingerprint density at radius 1 is 0.600 bits per heavy atom. The lowest BCUT2D eigenvalue weighted by Crippen LogP contribution is -2.74. The highest BCUT2D eigenvalue weighted by Gasteiger charge is 2.45. The highest BCUT2D eigenvalue weighted by Crippen LogP contribution is 2.22. The van der Waals surface area contributed by atoms with Crippen LogP contribution in [0.2, 0.25) is 0 Å². The standard InChI is InChI=1S/C30H60N2O3/c1-6-8-9-10-11-12-13-14-15-16-17-18-19-20-21-22-23-24-25-26-28(33)31-30(27-7-2,29(34)35)32(3,4)5/h6-27H2,1-5H3,(H-,31,33,34,35). The molecule has 5 heteroatoms. The molecule has 1 N–H and O–H groups in total. The van der Waals surface area contributed by atoms with Crippen LogP contribution in [0, 0.1) is 0 Å². The molecule has 0 heterocycles. The fourth-order valence-corrected chi connectivity index (χ4v) is 5.01. The maximum absolute atomic E-state index is 12.5. The maximum Gasteiger partial charge on any atom is 0.224 e. The molecule has 1 amide bonds. The molecule has 0 fully saturated rings. The number of hydrogen-bond donors (Lipinski definition) is 1. The van der Waals surface area contributed by atoms with E-state index in [1.807, 2.05) is 6.92 Å². The second-order valence-corrected chi connectivity index (χ2v) is 11.6. The zero-order valence-corrected chi connectivity index (χ0v) is 24.2. The topological polar surface area (TPSA) is 69.2 Å². The van der Waals surface area contributed by atoms with Crippen LogP contribution in [-0.4, -0.2) is 43.2 Å². The van der Waals surface area contributed by atoms with Crippen LogP contribution in [0.1, 0.15) is 155 Å². The summed E-state index contributed by atoms with van der Waals surface area (Å²) in [6, 6.07) is 0. The van der Waals surface area contributed by atoms with E-state index in [4.69, 9.17) is 0 Å². The lowest BCUT2D eigenvalue weighted by Gasteiger charge is -2.46. The van der Waals surface area contributed by atoms with Gasteiger partial charge in [0, 0.05) is 12.8 Å². The third kappa shape index (κ3) is 16.3. The number of carbonyl (C=O) groups excluding carboxylic acids is 2. The first kappa shape index (κ1) is 33.9. The Hall–Kier alpha value is -1.10. The molecule has 0 saturated heterocycles. The number of rotatable bonds is 25. The average molecular weight is 497 g/mol. The number of aliphatic carboxylic acids is 1. The van der Waals surface area contributed by atoms with Gasteiger partial charge in [0.15, 0.2) is 0 Å². The van der Waals surface area contributed by atoms with Crippen LogP contribution < -0.4 is 10.4 Å². The Morgan fingerprint density at radius 3 is 1.23 bits per heavy atom. The van der Waals surface area contributed by atoms with Gasteiger partial charge in [-0.2, -0.15) is 0 Å². The van der Waals surface area contributed by atoms with Gasteiger partial charge in [0.2, 0.25) is 11.6 Å². The van der Waals surface area contributed by atoms with E-state index < -0.39 is 11.6 Å². The molecule has 0 aromatic heterocycles. The Labute approximate surface area is 218 Å². The molecule has 208 valence electrons. The molecule has 0 radical (unpaired) electrons. The van der Waals surface area contributed by atoms with Gasteiger partial charge in [0.05, 0.1) is 21.1 Å². The van der Waals surface area contributed by atoms with Crippen molar-refractivity contribution in [3.05, 3.63) is 0 Å². The lowest BCUT2D eigenvalue weighted by molar-refractivity contribution is -0.919. The normalized spacial score (nSPS) is 13.5. The minimum absolute atomic E-state index is 0.119. The van der Waals surface area contributed by atoms with Crippen LogP contribution >= 0.6 is 0 Å². The summed E-state index contributed by atoms with van der Waals surface area (Å²) in [5.41, 5.74) is -1.36. The van der Waals surface area contributed by atoms with E-state index in [-0.39, 0.29) is 10.4 Å². The second-order valence-electron chi connectivity index (χ2n) is 11.6. The minimum atomic E-state index is -1.36. The van der Waals surface area contributed by atoms with Crippen molar-refractivity contribution in [3.8, 4) is 0 Å². The molecular weight excluding hydrogens is 436 g/mol. The van der Waals surface area contributed by atoms with E-state index in [0.29, 0.717) is 19.3 Å². The molecule has 0 aliphatic heterocycles. The van der Waals surface area contributed by atoms with Crippen molar-refractivity contribution in [1.29, 1.82) is 0 Å². The Kier molecular flexibility index (Phi) is 20.4. The van der Waals surface area contributed by atoms with Crippen LogP contribution in [0.25, 0.3) is 0 Å². The number of carbonyl (C=O) groups is 2. The van der Waals surface area contributed by atoms with Gasteiger partial charge in [-0.1, -0.05) is 129 Å². The summed E-state index contributed by atoms with van der Waals surface area (Å²) < 4.78 is 0.119. The molecular formula is C30H60N2O3. The molecule has 0 saturated carbocycles. The quantitative estimate of drug-likeness (QED) is 0.0851. The molecule has 0 bridgehead atoms. The van der Waals surface area contributed by atoms with Crippen LogP contribution in [0.4, 0.5) is 0 Å². The molecule has 35 heavy (non-hydrogen) atoms. The predicted octanol–water partition coefficient (Wildman–Crippen LogP) is 6.88. The van der Waals surface area contributed by atoms with E-state index in [1.165, 1.54) is 103 Å². The molecule has 5 nitrogen and oxygen atoms in total. The van der Waals surface area contributed by atoms with Gasteiger partial charge in [-0.3, -0.25) is 10.1 Å². The number of carboxylic acid groups (broad SMARTS) is 1. The largest absolute Gasteiger partial charge is 0.542 e. The molecule has 1 unspecified atom stereocenters. The zero-order chi connectivity index (χ0) is 26.4. The van der Waals surface area contributed by atoms with Gasteiger partial charge < -0.3 is 14.4 Å². The summed E-state index contributed by atoms with van der Waals surface area (Å²) in [6.45, 7) is 4.21. The Bertz CT molecular complexity index is 530. The van der Waals surface area contributed by atoms with Gasteiger partial charge in [-0.15, -0.1) is 0 Å². The maximum atomic E-state index is 12.5. The van der Waals surface area contributed by atoms with E-state index in [1.54, 1.807) is 21.1 Å². The third-order valence-corrected chi connectivity index (χ3v) is 7.45. The van der Waals surface area contributed by atoms with E-state index in [9.17, 15) is 14.7 Å². The number of amides is 1. The van der Waals surface area contributed by atoms with Crippen molar-refractivity contribution in [2.45, 2.75) is 161 Å². The number of carboxylic acids is 1. The smallest absolute Gasteiger partial charge is 0.224 e. The van der Waals surface area contributed by atoms with Crippen molar-refractivity contribution < 1.29 is 19.2 Å². The number of unbranched alkanes of at least 4 members (excludes halogenated alkanes) is 18. The van der Waals surface area contributed by atoms with Crippen molar-refractivity contribution in [1.82, 2.24) is 5.32 Å². The summed E-state index contributed by atoms with van der Waals surface area (Å²) in [5, 5.41) is 14.7. The summed E-state index contributed by atoms with van der Waals surface area (Å²) in [6.07, 6.45) is 26.6. The highest BCUT2D eigenvalue weighted by molar-refractivity contribution is 5.84. The monoisotopic (exact) mass is 496 g/mol.